The van der Waals surface area contributed by atoms with E-state index in [0.717, 1.165) is 30.0 Å². The van der Waals surface area contributed by atoms with E-state index < -0.39 is 11.1 Å². The average Bonchev–Trinajstić information content (AvgIpc) is 3.27. The van der Waals surface area contributed by atoms with Crippen LogP contribution in [-0.2, 0) is 4.74 Å². The van der Waals surface area contributed by atoms with Crippen molar-refractivity contribution in [3.8, 4) is 5.75 Å². The molecule has 1 fully saturated rings. The fraction of sp³-hybridized carbons (Fsp3) is 0.423. The monoisotopic (exact) mass is 479 g/mol. The highest BCUT2D eigenvalue weighted by molar-refractivity contribution is 5.51. The number of ether oxygens (including phenoxy) is 2. The molecule has 186 valence electrons. The maximum absolute atomic E-state index is 12.9. The van der Waals surface area contributed by atoms with Gasteiger partial charge in [0.15, 0.2) is 0 Å². The van der Waals surface area contributed by atoms with Crippen molar-refractivity contribution in [2.24, 2.45) is 0 Å². The molecule has 1 aromatic carbocycles. The van der Waals surface area contributed by atoms with E-state index in [1.165, 1.54) is 0 Å². The van der Waals surface area contributed by atoms with E-state index >= 15 is 0 Å². The van der Waals surface area contributed by atoms with Gasteiger partial charge < -0.3 is 29.7 Å². The van der Waals surface area contributed by atoms with Crippen LogP contribution in [0.3, 0.4) is 0 Å². The van der Waals surface area contributed by atoms with Crippen molar-refractivity contribution >= 4 is 12.2 Å². The smallest absolute Gasteiger partial charge is 0.272 e. The van der Waals surface area contributed by atoms with E-state index in [0.29, 0.717) is 24.7 Å². The third-order valence-electron chi connectivity index (χ3n) is 6.26. The molecule has 4 N–H and O–H groups in total. The Kier molecular flexibility index (Phi) is 7.67. The Morgan fingerprint density at radius 2 is 1.89 bits per heavy atom. The molecule has 0 amide bonds. The summed E-state index contributed by atoms with van der Waals surface area (Å²) in [6.07, 6.45) is 4.14. The molecule has 0 radical (unpaired) electrons. The fourth-order valence-corrected chi connectivity index (χ4v) is 4.39. The first-order valence-corrected chi connectivity index (χ1v) is 12.0. The molecule has 3 heterocycles. The predicted octanol–water partition coefficient (Wildman–Crippen LogP) is 1.06. The lowest BCUT2D eigenvalue weighted by atomic mass is 9.96. The zero-order chi connectivity index (χ0) is 24.9. The molecule has 2 unspecified atom stereocenters. The zero-order valence-corrected chi connectivity index (χ0v) is 20.6. The van der Waals surface area contributed by atoms with Crippen LogP contribution in [0.2, 0.25) is 0 Å². The number of aromatic nitrogens is 4. The number of hydrogen-bond donors (Lipinski definition) is 4. The largest absolute Gasteiger partial charge is 0.497 e. The topological polar surface area (TPSA) is 125 Å². The van der Waals surface area contributed by atoms with Gasteiger partial charge in [-0.15, -0.1) is 0 Å². The summed E-state index contributed by atoms with van der Waals surface area (Å²) in [5, 5.41) is 3.84. The number of methoxy groups -OCH3 is 1. The molecule has 2 aromatic heterocycles. The summed E-state index contributed by atoms with van der Waals surface area (Å²) in [4.78, 5) is 39.4. The molecule has 9 nitrogen and oxygen atoms in total. The van der Waals surface area contributed by atoms with Gasteiger partial charge in [-0.2, -0.15) is 0 Å². The van der Waals surface area contributed by atoms with Gasteiger partial charge in [-0.1, -0.05) is 32.9 Å². The van der Waals surface area contributed by atoms with Crippen LogP contribution in [0, 0.1) is 0 Å². The van der Waals surface area contributed by atoms with Gasteiger partial charge >= 0.3 is 0 Å². The van der Waals surface area contributed by atoms with Gasteiger partial charge in [0.05, 0.1) is 26.0 Å². The van der Waals surface area contributed by atoms with E-state index in [1.807, 2.05) is 18.2 Å². The Hall–Kier alpha value is -3.43. The highest BCUT2D eigenvalue weighted by Gasteiger charge is 2.27. The van der Waals surface area contributed by atoms with Crippen LogP contribution in [0.4, 0.5) is 0 Å². The van der Waals surface area contributed by atoms with Gasteiger partial charge in [-0.3, -0.25) is 9.59 Å². The number of rotatable bonds is 7. The minimum Gasteiger partial charge on any atom is -0.497 e. The number of H-pyrrole nitrogens is 3. The minimum absolute atomic E-state index is 0.145. The third-order valence-corrected chi connectivity index (χ3v) is 6.26. The van der Waals surface area contributed by atoms with Crippen LogP contribution in [0.15, 0.2) is 33.9 Å². The second kappa shape index (κ2) is 10.9. The van der Waals surface area contributed by atoms with E-state index in [9.17, 15) is 9.59 Å². The Bertz CT molecular complexity index is 1400. The highest BCUT2D eigenvalue weighted by atomic mass is 16.5. The molecule has 4 rings (SSSR count). The Balaban J connectivity index is 1.74. The molecule has 0 aliphatic carbocycles. The number of nitrogens with one attached hydrogen (secondary N) is 4. The first-order valence-electron chi connectivity index (χ1n) is 12.0. The molecular weight excluding hydrogens is 446 g/mol. The predicted molar refractivity (Wildman–Crippen MR) is 135 cm³/mol. The molecule has 9 heteroatoms. The summed E-state index contributed by atoms with van der Waals surface area (Å²) in [5.74, 6) is 1.82. The van der Waals surface area contributed by atoms with Crippen LogP contribution >= 0.6 is 0 Å². The number of aromatic amines is 3. The number of imidazole rings is 1. The summed E-state index contributed by atoms with van der Waals surface area (Å²) < 4.78 is 10.9. The molecule has 1 aliphatic heterocycles. The van der Waals surface area contributed by atoms with Gasteiger partial charge in [0.1, 0.15) is 22.3 Å². The summed E-state index contributed by atoms with van der Waals surface area (Å²) in [6, 6.07) is 7.42. The number of nitrogens with zero attached hydrogens (tertiary/aromatic N) is 1. The molecule has 0 bridgehead atoms. The summed E-state index contributed by atoms with van der Waals surface area (Å²) >= 11 is 0. The van der Waals surface area contributed by atoms with Crippen molar-refractivity contribution in [1.82, 2.24) is 25.3 Å². The fourth-order valence-electron chi connectivity index (χ4n) is 4.39. The first-order chi connectivity index (χ1) is 16.9. The van der Waals surface area contributed by atoms with Crippen LogP contribution in [0.1, 0.15) is 61.8 Å². The minimum atomic E-state index is -0.396. The molecule has 1 aliphatic rings. The van der Waals surface area contributed by atoms with Crippen molar-refractivity contribution in [1.29, 1.82) is 0 Å². The van der Waals surface area contributed by atoms with E-state index in [4.69, 9.17) is 14.5 Å². The number of hydrogen-bond acceptors (Lipinski definition) is 6. The SMILES string of the molecule is CCC(c1nc(/C=c2\[nH]c(=O)/c(=C/c3cccc(OC)c3)[nH]c2=O)c(C(C)C)[nH]1)C1COCCN1. The number of morpholine rings is 1. The van der Waals surface area contributed by atoms with Gasteiger partial charge in [0, 0.05) is 24.2 Å². The van der Waals surface area contributed by atoms with Gasteiger partial charge in [-0.05, 0) is 42.2 Å². The van der Waals surface area contributed by atoms with Crippen molar-refractivity contribution in [2.75, 3.05) is 26.9 Å². The van der Waals surface area contributed by atoms with Crippen LogP contribution in [-0.4, -0.2) is 52.8 Å². The highest BCUT2D eigenvalue weighted by Crippen LogP contribution is 2.26. The van der Waals surface area contributed by atoms with Crippen LogP contribution in [0.25, 0.3) is 12.2 Å². The third kappa shape index (κ3) is 5.63. The Morgan fingerprint density at radius 3 is 2.51 bits per heavy atom. The Morgan fingerprint density at radius 1 is 1.14 bits per heavy atom. The first kappa shape index (κ1) is 24.7. The molecule has 0 saturated carbocycles. The standard InChI is InChI=1S/C26H33N5O4/c1-5-18(22-14-35-10-9-27-22)24-28-19(23(31-24)15(2)3)13-21-26(33)29-20(25(32)30-21)12-16-7-6-8-17(11-16)34-4/h6-8,11-13,15,18,22,27H,5,9-10,14H2,1-4H3,(H,28,31)(H,29,33)(H,30,32)/b20-12-,21-13-. The number of benzene rings is 1. The van der Waals surface area contributed by atoms with E-state index in [2.05, 4.69) is 41.0 Å². The summed E-state index contributed by atoms with van der Waals surface area (Å²) in [5.41, 5.74) is 1.52. The quantitative estimate of drug-likeness (QED) is 0.402. The molecule has 1 saturated heterocycles. The molecule has 0 spiro atoms. The van der Waals surface area contributed by atoms with Crippen LogP contribution in [0.5, 0.6) is 5.75 Å². The molecule has 3 aromatic rings. The molecule has 35 heavy (non-hydrogen) atoms. The van der Waals surface area contributed by atoms with Crippen molar-refractivity contribution in [2.45, 2.75) is 45.1 Å². The maximum atomic E-state index is 12.9. The molecular formula is C26H33N5O4. The lowest BCUT2D eigenvalue weighted by Gasteiger charge is -2.29. The second-order valence-electron chi connectivity index (χ2n) is 9.03. The lowest BCUT2D eigenvalue weighted by molar-refractivity contribution is 0.0664. The van der Waals surface area contributed by atoms with Crippen molar-refractivity contribution in [3.05, 3.63) is 78.4 Å². The van der Waals surface area contributed by atoms with Gasteiger partial charge in [0.25, 0.3) is 11.1 Å². The van der Waals surface area contributed by atoms with Gasteiger partial charge in [-0.25, -0.2) is 4.98 Å². The molecule has 2 atom stereocenters. The average molecular weight is 480 g/mol. The Labute approximate surface area is 203 Å². The van der Waals surface area contributed by atoms with Crippen molar-refractivity contribution < 1.29 is 9.47 Å². The van der Waals surface area contributed by atoms with E-state index in [1.54, 1.807) is 25.3 Å². The summed E-state index contributed by atoms with van der Waals surface area (Å²) in [7, 11) is 1.58. The normalized spacial score (nSPS) is 18.3. The van der Waals surface area contributed by atoms with Crippen LogP contribution < -0.4 is 31.9 Å². The second-order valence-corrected chi connectivity index (χ2v) is 9.03. The van der Waals surface area contributed by atoms with Gasteiger partial charge in [0.2, 0.25) is 0 Å². The summed E-state index contributed by atoms with van der Waals surface area (Å²) in [6.45, 7) is 8.42. The maximum Gasteiger partial charge on any atom is 0.272 e. The lowest BCUT2D eigenvalue weighted by Crippen LogP contribution is -2.46. The zero-order valence-electron chi connectivity index (χ0n) is 20.6. The van der Waals surface area contributed by atoms with E-state index in [-0.39, 0.29) is 28.6 Å². The van der Waals surface area contributed by atoms with Crippen molar-refractivity contribution in [3.63, 3.8) is 0 Å².